The first kappa shape index (κ1) is 8.20. The van der Waals surface area contributed by atoms with Crippen molar-refractivity contribution < 1.29 is 14.3 Å². The van der Waals surface area contributed by atoms with Crippen LogP contribution in [0.4, 0.5) is 0 Å². The fourth-order valence-corrected chi connectivity index (χ4v) is 1.44. The Balaban J connectivity index is 1.66. The maximum absolute atomic E-state index is 11.3. The molecule has 0 unspecified atom stereocenters. The number of ketones is 1. The van der Waals surface area contributed by atoms with E-state index in [-0.39, 0.29) is 6.29 Å². The molecule has 0 amide bonds. The lowest BCUT2D eigenvalue weighted by molar-refractivity contribution is -0.127. The first-order valence-electron chi connectivity index (χ1n) is 4.59. The van der Waals surface area contributed by atoms with E-state index < -0.39 is 0 Å². The minimum Gasteiger partial charge on any atom is -0.350 e. The van der Waals surface area contributed by atoms with E-state index in [0.717, 1.165) is 6.42 Å². The van der Waals surface area contributed by atoms with Gasteiger partial charge in [-0.2, -0.15) is 0 Å². The van der Waals surface area contributed by atoms with E-state index in [1.807, 2.05) is 0 Å². The van der Waals surface area contributed by atoms with Crippen LogP contribution in [0.1, 0.15) is 25.7 Å². The summed E-state index contributed by atoms with van der Waals surface area (Å²) >= 11 is 0. The Morgan fingerprint density at radius 2 is 1.83 bits per heavy atom. The molecule has 1 aliphatic heterocycles. The van der Waals surface area contributed by atoms with Gasteiger partial charge in [0.05, 0.1) is 19.6 Å². The molecule has 1 heterocycles. The minimum atomic E-state index is -0.240. The van der Waals surface area contributed by atoms with Crippen LogP contribution in [-0.4, -0.2) is 25.3 Å². The molecule has 68 valence electrons. The Bertz CT molecular complexity index is 169. The van der Waals surface area contributed by atoms with Gasteiger partial charge in [-0.3, -0.25) is 4.79 Å². The summed E-state index contributed by atoms with van der Waals surface area (Å²) < 4.78 is 10.4. The molecule has 2 fully saturated rings. The molecular formula is C9H14O3. The summed E-state index contributed by atoms with van der Waals surface area (Å²) in [5.74, 6) is 0.975. The van der Waals surface area contributed by atoms with Crippen LogP contribution >= 0.6 is 0 Å². The molecule has 0 aromatic carbocycles. The largest absolute Gasteiger partial charge is 0.350 e. The van der Waals surface area contributed by atoms with Gasteiger partial charge in [0.1, 0.15) is 5.78 Å². The maximum atomic E-state index is 11.3. The van der Waals surface area contributed by atoms with Crippen molar-refractivity contribution in [2.24, 2.45) is 5.92 Å². The van der Waals surface area contributed by atoms with Crippen LogP contribution in [0.3, 0.4) is 0 Å². The van der Waals surface area contributed by atoms with Crippen LogP contribution in [0.25, 0.3) is 0 Å². The van der Waals surface area contributed by atoms with Gasteiger partial charge in [-0.25, -0.2) is 0 Å². The van der Waals surface area contributed by atoms with Crippen LogP contribution < -0.4 is 0 Å². The molecule has 0 spiro atoms. The number of Topliss-reactive ketones (excluding diaryl/α,β-unsaturated/α-hetero) is 1. The third kappa shape index (κ3) is 2.29. The molecule has 1 saturated carbocycles. The van der Waals surface area contributed by atoms with Gasteiger partial charge in [0.2, 0.25) is 0 Å². The molecule has 1 saturated heterocycles. The van der Waals surface area contributed by atoms with Crippen LogP contribution in [0.2, 0.25) is 0 Å². The molecule has 0 aromatic heterocycles. The van der Waals surface area contributed by atoms with Gasteiger partial charge in [-0.15, -0.1) is 0 Å². The smallest absolute Gasteiger partial charge is 0.164 e. The summed E-state index contributed by atoms with van der Waals surface area (Å²) in [6.07, 6.45) is 3.42. The lowest BCUT2D eigenvalue weighted by atomic mass is 10.1. The molecule has 3 nitrogen and oxygen atoms in total. The maximum Gasteiger partial charge on any atom is 0.164 e. The van der Waals surface area contributed by atoms with Crippen molar-refractivity contribution in [2.45, 2.75) is 32.0 Å². The molecule has 1 aliphatic carbocycles. The number of hydrogen-bond donors (Lipinski definition) is 0. The highest BCUT2D eigenvalue weighted by molar-refractivity contribution is 5.79. The summed E-state index contributed by atoms with van der Waals surface area (Å²) in [4.78, 5) is 11.3. The van der Waals surface area contributed by atoms with Gasteiger partial charge in [-0.1, -0.05) is 0 Å². The number of rotatable bonds is 4. The highest BCUT2D eigenvalue weighted by atomic mass is 16.7. The lowest BCUT2D eigenvalue weighted by Gasteiger charge is -2.06. The number of ether oxygens (including phenoxy) is 2. The topological polar surface area (TPSA) is 35.5 Å². The minimum absolute atomic E-state index is 0.240. The van der Waals surface area contributed by atoms with Gasteiger partial charge in [0.25, 0.3) is 0 Å². The molecule has 12 heavy (non-hydrogen) atoms. The van der Waals surface area contributed by atoms with Crippen molar-refractivity contribution in [3.63, 3.8) is 0 Å². The van der Waals surface area contributed by atoms with Crippen molar-refractivity contribution in [3.05, 3.63) is 0 Å². The van der Waals surface area contributed by atoms with Crippen LogP contribution in [0, 0.1) is 5.92 Å². The monoisotopic (exact) mass is 170 g/mol. The first-order valence-corrected chi connectivity index (χ1v) is 4.59. The van der Waals surface area contributed by atoms with Gasteiger partial charge < -0.3 is 9.47 Å². The van der Waals surface area contributed by atoms with Crippen molar-refractivity contribution in [1.82, 2.24) is 0 Å². The summed E-state index contributed by atoms with van der Waals surface area (Å²) in [6.45, 7) is 1.28. The Kier molecular flexibility index (Phi) is 2.42. The zero-order chi connectivity index (χ0) is 8.39. The van der Waals surface area contributed by atoms with Gasteiger partial charge in [0.15, 0.2) is 6.29 Å². The lowest BCUT2D eigenvalue weighted by Crippen LogP contribution is -2.14. The van der Waals surface area contributed by atoms with E-state index >= 15 is 0 Å². The van der Waals surface area contributed by atoms with Crippen LogP contribution in [0.15, 0.2) is 0 Å². The van der Waals surface area contributed by atoms with E-state index in [9.17, 15) is 4.79 Å². The molecule has 0 atom stereocenters. The first-order chi connectivity index (χ1) is 5.84. The highest BCUT2D eigenvalue weighted by Crippen LogP contribution is 2.33. The Labute approximate surface area is 72.0 Å². The fraction of sp³-hybridized carbons (Fsp3) is 0.889. The Hall–Kier alpha value is -0.410. The second-order valence-electron chi connectivity index (χ2n) is 3.56. The molecular weight excluding hydrogens is 156 g/mol. The van der Waals surface area contributed by atoms with Crippen molar-refractivity contribution >= 4 is 5.78 Å². The molecule has 2 aliphatic rings. The molecule has 0 radical (unpaired) electrons. The zero-order valence-corrected chi connectivity index (χ0v) is 7.12. The standard InChI is InChI=1S/C9H14O3/c10-8(5-7-1-2-7)6-9-11-3-4-12-9/h7,9H,1-6H2. The van der Waals surface area contributed by atoms with E-state index in [1.165, 1.54) is 12.8 Å². The second kappa shape index (κ2) is 3.54. The van der Waals surface area contributed by atoms with E-state index in [1.54, 1.807) is 0 Å². The average molecular weight is 170 g/mol. The highest BCUT2D eigenvalue weighted by Gasteiger charge is 2.27. The van der Waals surface area contributed by atoms with E-state index in [4.69, 9.17) is 9.47 Å². The Morgan fingerprint density at radius 1 is 1.17 bits per heavy atom. The van der Waals surface area contributed by atoms with Gasteiger partial charge in [-0.05, 0) is 18.8 Å². The fourth-order valence-electron chi connectivity index (χ4n) is 1.44. The van der Waals surface area contributed by atoms with E-state index in [2.05, 4.69) is 0 Å². The molecule has 0 bridgehead atoms. The summed E-state index contributed by atoms with van der Waals surface area (Å²) in [5, 5.41) is 0. The summed E-state index contributed by atoms with van der Waals surface area (Å²) in [5.41, 5.74) is 0. The molecule has 3 heteroatoms. The van der Waals surface area contributed by atoms with Crippen LogP contribution in [0.5, 0.6) is 0 Å². The predicted octanol–water partition coefficient (Wildman–Crippen LogP) is 1.12. The number of carbonyl (C=O) groups excluding carboxylic acids is 1. The van der Waals surface area contributed by atoms with Gasteiger partial charge in [0, 0.05) is 6.42 Å². The van der Waals surface area contributed by atoms with Crippen molar-refractivity contribution in [1.29, 1.82) is 0 Å². The van der Waals surface area contributed by atoms with Crippen LogP contribution in [-0.2, 0) is 14.3 Å². The van der Waals surface area contributed by atoms with Crippen molar-refractivity contribution in [3.8, 4) is 0 Å². The molecule has 2 rings (SSSR count). The average Bonchev–Trinajstić information content (AvgIpc) is 2.66. The third-order valence-corrected chi connectivity index (χ3v) is 2.30. The number of hydrogen-bond acceptors (Lipinski definition) is 3. The summed E-state index contributed by atoms with van der Waals surface area (Å²) in [7, 11) is 0. The summed E-state index contributed by atoms with van der Waals surface area (Å²) in [6, 6.07) is 0. The predicted molar refractivity (Wildman–Crippen MR) is 42.7 cm³/mol. The van der Waals surface area contributed by atoms with Gasteiger partial charge >= 0.3 is 0 Å². The second-order valence-corrected chi connectivity index (χ2v) is 3.56. The SMILES string of the molecule is O=C(CC1CC1)CC1OCCO1. The quantitative estimate of drug-likeness (QED) is 0.634. The Morgan fingerprint density at radius 3 is 2.42 bits per heavy atom. The zero-order valence-electron chi connectivity index (χ0n) is 7.12. The van der Waals surface area contributed by atoms with E-state index in [0.29, 0.717) is 31.3 Å². The number of carbonyl (C=O) groups is 1. The normalized spacial score (nSPS) is 24.7. The third-order valence-electron chi connectivity index (χ3n) is 2.30. The van der Waals surface area contributed by atoms with Crippen molar-refractivity contribution in [2.75, 3.05) is 13.2 Å². The molecule has 0 aromatic rings. The molecule has 0 N–H and O–H groups in total.